The molecule has 1 saturated heterocycles. The van der Waals surface area contributed by atoms with Crippen LogP contribution in [-0.4, -0.2) is 41.2 Å². The highest BCUT2D eigenvalue weighted by atomic mass is 32.1. The zero-order valence-electron chi connectivity index (χ0n) is 15.1. The zero-order chi connectivity index (χ0) is 18.1. The molecule has 0 amide bonds. The molecule has 136 valence electrons. The molecular weight excluding hydrogens is 340 g/mol. The molecule has 4 nitrogen and oxygen atoms in total. The maximum Gasteiger partial charge on any atom is 0.137 e. The van der Waals surface area contributed by atoms with Crippen LogP contribution in [0.4, 0.5) is 0 Å². The molecule has 0 bridgehead atoms. The summed E-state index contributed by atoms with van der Waals surface area (Å²) in [7, 11) is 2.13. The van der Waals surface area contributed by atoms with E-state index >= 15 is 0 Å². The van der Waals surface area contributed by atoms with Gasteiger partial charge in [0.25, 0.3) is 0 Å². The Morgan fingerprint density at radius 3 is 2.58 bits per heavy atom. The Morgan fingerprint density at radius 2 is 1.85 bits per heavy atom. The molecule has 2 aromatic rings. The van der Waals surface area contributed by atoms with Crippen LogP contribution in [0.15, 0.2) is 54.7 Å². The minimum absolute atomic E-state index is 0.198. The summed E-state index contributed by atoms with van der Waals surface area (Å²) < 4.78 is 0. The Labute approximate surface area is 160 Å². The van der Waals surface area contributed by atoms with Gasteiger partial charge in [0.1, 0.15) is 6.29 Å². The van der Waals surface area contributed by atoms with Crippen LogP contribution in [0.1, 0.15) is 24.4 Å². The number of nitrogens with two attached hydrogens (primary N) is 1. The summed E-state index contributed by atoms with van der Waals surface area (Å²) in [5.74, 6) is 0.391. The highest BCUT2D eigenvalue weighted by Crippen LogP contribution is 2.27. The second-order valence-electron chi connectivity index (χ2n) is 7.34. The molecular formula is C21H26N4S. The lowest BCUT2D eigenvalue weighted by Crippen LogP contribution is -2.58. The number of rotatable bonds is 3. The van der Waals surface area contributed by atoms with Crippen molar-refractivity contribution in [3.05, 3.63) is 60.3 Å². The molecule has 2 aromatic carbocycles. The lowest BCUT2D eigenvalue weighted by atomic mass is 9.96. The highest BCUT2D eigenvalue weighted by molar-refractivity contribution is 7.80. The van der Waals surface area contributed by atoms with Crippen molar-refractivity contribution < 1.29 is 0 Å². The van der Waals surface area contributed by atoms with Crippen molar-refractivity contribution in [3.8, 4) is 0 Å². The van der Waals surface area contributed by atoms with Crippen LogP contribution < -0.4 is 11.1 Å². The predicted octanol–water partition coefficient (Wildman–Crippen LogP) is 3.21. The van der Waals surface area contributed by atoms with Gasteiger partial charge in [-0.15, -0.1) is 0 Å². The topological polar surface area (TPSA) is 44.5 Å². The van der Waals surface area contributed by atoms with E-state index in [1.807, 2.05) is 0 Å². The average Bonchev–Trinajstić information content (AvgIpc) is 2.68. The van der Waals surface area contributed by atoms with E-state index in [1.165, 1.54) is 16.3 Å². The predicted molar refractivity (Wildman–Crippen MR) is 112 cm³/mol. The minimum atomic E-state index is 0.198. The molecule has 0 radical (unpaired) electrons. The number of benzene rings is 2. The first-order chi connectivity index (χ1) is 12.6. The highest BCUT2D eigenvalue weighted by Gasteiger charge is 2.31. The van der Waals surface area contributed by atoms with Crippen molar-refractivity contribution in [2.24, 2.45) is 11.7 Å². The SMILES string of the molecule is CN1C=CC(c2ccc3ccccc3c2)NC1N1CCC(C(N)=S)CC1. The molecule has 2 aliphatic heterocycles. The minimum Gasteiger partial charge on any atom is -0.393 e. The second kappa shape index (κ2) is 7.35. The van der Waals surface area contributed by atoms with Crippen molar-refractivity contribution in [3.63, 3.8) is 0 Å². The summed E-state index contributed by atoms with van der Waals surface area (Å²) in [4.78, 5) is 5.41. The van der Waals surface area contributed by atoms with Crippen LogP contribution in [0, 0.1) is 5.92 Å². The number of piperidine rings is 1. The van der Waals surface area contributed by atoms with Gasteiger partial charge >= 0.3 is 0 Å². The monoisotopic (exact) mass is 366 g/mol. The Morgan fingerprint density at radius 1 is 1.12 bits per heavy atom. The number of nitrogens with zero attached hydrogens (tertiary/aromatic N) is 2. The molecule has 0 saturated carbocycles. The molecule has 2 unspecified atom stereocenters. The quantitative estimate of drug-likeness (QED) is 0.817. The van der Waals surface area contributed by atoms with Crippen molar-refractivity contribution in [2.45, 2.75) is 25.2 Å². The summed E-state index contributed by atoms with van der Waals surface area (Å²) in [6.45, 7) is 2.03. The Balaban J connectivity index is 1.50. The van der Waals surface area contributed by atoms with Gasteiger partial charge in [0, 0.05) is 26.1 Å². The normalized spacial score (nSPS) is 24.9. The molecule has 2 heterocycles. The van der Waals surface area contributed by atoms with Crippen molar-refractivity contribution >= 4 is 28.0 Å². The Hall–Kier alpha value is -1.95. The number of likely N-dealkylation sites (tertiary alicyclic amines) is 1. The molecule has 5 heteroatoms. The number of hydrogen-bond acceptors (Lipinski definition) is 4. The van der Waals surface area contributed by atoms with Crippen LogP contribution in [-0.2, 0) is 0 Å². The third kappa shape index (κ3) is 3.47. The van der Waals surface area contributed by atoms with Crippen molar-refractivity contribution in [2.75, 3.05) is 20.1 Å². The molecule has 2 atom stereocenters. The summed E-state index contributed by atoms with van der Waals surface area (Å²) in [5.41, 5.74) is 7.14. The average molecular weight is 367 g/mol. The Bertz CT molecular complexity index is 826. The van der Waals surface area contributed by atoms with E-state index in [0.717, 1.165) is 25.9 Å². The van der Waals surface area contributed by atoms with E-state index in [1.54, 1.807) is 0 Å². The van der Waals surface area contributed by atoms with E-state index < -0.39 is 0 Å². The second-order valence-corrected chi connectivity index (χ2v) is 7.82. The summed E-state index contributed by atoms with van der Waals surface area (Å²) >= 11 is 5.18. The van der Waals surface area contributed by atoms with E-state index in [2.05, 4.69) is 76.9 Å². The fraction of sp³-hybridized carbons (Fsp3) is 0.381. The van der Waals surface area contributed by atoms with Crippen LogP contribution in [0.25, 0.3) is 10.8 Å². The van der Waals surface area contributed by atoms with Gasteiger partial charge in [-0.1, -0.05) is 48.6 Å². The van der Waals surface area contributed by atoms with E-state index in [0.29, 0.717) is 10.9 Å². The zero-order valence-corrected chi connectivity index (χ0v) is 16.0. The number of thiocarbonyl (C=S) groups is 1. The molecule has 0 aliphatic carbocycles. The van der Waals surface area contributed by atoms with Gasteiger partial charge in [-0.2, -0.15) is 0 Å². The van der Waals surface area contributed by atoms with Gasteiger partial charge in [0.2, 0.25) is 0 Å². The number of fused-ring (bicyclic) bond motifs is 1. The molecule has 0 aromatic heterocycles. The van der Waals surface area contributed by atoms with Crippen LogP contribution in [0.2, 0.25) is 0 Å². The number of nitrogens with one attached hydrogen (secondary N) is 1. The van der Waals surface area contributed by atoms with Gasteiger partial charge in [-0.05, 0) is 47.5 Å². The summed E-state index contributed by atoms with van der Waals surface area (Å²) in [6.07, 6.45) is 6.73. The first-order valence-electron chi connectivity index (χ1n) is 9.30. The van der Waals surface area contributed by atoms with Gasteiger partial charge in [0.15, 0.2) is 0 Å². The van der Waals surface area contributed by atoms with Gasteiger partial charge < -0.3 is 10.6 Å². The van der Waals surface area contributed by atoms with Gasteiger partial charge in [-0.25, -0.2) is 0 Å². The Kier molecular flexibility index (Phi) is 4.94. The van der Waals surface area contributed by atoms with Gasteiger partial charge in [0.05, 0.1) is 11.0 Å². The molecule has 2 aliphatic rings. The molecule has 3 N–H and O–H groups in total. The first kappa shape index (κ1) is 17.5. The largest absolute Gasteiger partial charge is 0.393 e. The summed E-state index contributed by atoms with van der Waals surface area (Å²) in [6, 6.07) is 15.5. The fourth-order valence-electron chi connectivity index (χ4n) is 4.04. The smallest absolute Gasteiger partial charge is 0.137 e. The third-order valence-corrected chi connectivity index (χ3v) is 5.97. The molecule has 26 heavy (non-hydrogen) atoms. The molecule has 4 rings (SSSR count). The van der Waals surface area contributed by atoms with Crippen LogP contribution in [0.3, 0.4) is 0 Å². The van der Waals surface area contributed by atoms with Gasteiger partial charge in [-0.3, -0.25) is 10.2 Å². The maximum atomic E-state index is 5.84. The molecule has 1 fully saturated rings. The first-order valence-corrected chi connectivity index (χ1v) is 9.71. The molecule has 0 spiro atoms. The fourth-order valence-corrected chi connectivity index (χ4v) is 4.27. The van der Waals surface area contributed by atoms with Crippen LogP contribution >= 0.6 is 12.2 Å². The van der Waals surface area contributed by atoms with E-state index in [-0.39, 0.29) is 12.3 Å². The standard InChI is InChI=1S/C21H26N4S/c1-24-11-10-19(18-7-6-15-4-2-3-5-17(15)14-18)23-21(24)25-12-8-16(9-13-25)20(22)26/h2-7,10-11,14,16,19,21,23H,8-9,12-13H2,1H3,(H2,22,26). The van der Waals surface area contributed by atoms with Crippen molar-refractivity contribution in [1.82, 2.24) is 15.1 Å². The lowest BCUT2D eigenvalue weighted by molar-refractivity contribution is 0.0299. The maximum absolute atomic E-state index is 5.84. The number of hydrogen-bond donors (Lipinski definition) is 2. The van der Waals surface area contributed by atoms with E-state index in [4.69, 9.17) is 18.0 Å². The summed E-state index contributed by atoms with van der Waals surface area (Å²) in [5, 5.41) is 6.37. The van der Waals surface area contributed by atoms with Crippen LogP contribution in [0.5, 0.6) is 0 Å². The van der Waals surface area contributed by atoms with E-state index in [9.17, 15) is 0 Å². The lowest BCUT2D eigenvalue weighted by Gasteiger charge is -2.44. The third-order valence-electron chi connectivity index (χ3n) is 5.64. The van der Waals surface area contributed by atoms with Crippen molar-refractivity contribution in [1.29, 1.82) is 0 Å².